The molecule has 0 radical (unpaired) electrons. The monoisotopic (exact) mass is 424 g/mol. The molecule has 1 aliphatic rings. The molecule has 32 heavy (non-hydrogen) atoms. The first kappa shape index (κ1) is 20.3. The molecule has 4 aromatic rings. The number of nitrogens with two attached hydrogens (primary N) is 1. The highest BCUT2D eigenvalue weighted by Gasteiger charge is 2.23. The van der Waals surface area contributed by atoms with Crippen LogP contribution < -0.4 is 10.6 Å². The van der Waals surface area contributed by atoms with Crippen LogP contribution in [0.2, 0.25) is 0 Å². The van der Waals surface area contributed by atoms with Gasteiger partial charge in [-0.2, -0.15) is 0 Å². The van der Waals surface area contributed by atoms with Crippen molar-refractivity contribution in [3.63, 3.8) is 0 Å². The van der Waals surface area contributed by atoms with Gasteiger partial charge in [0.25, 0.3) is 0 Å². The number of benzene rings is 2. The summed E-state index contributed by atoms with van der Waals surface area (Å²) in [7, 11) is 4.11. The van der Waals surface area contributed by atoms with Gasteiger partial charge in [-0.25, -0.2) is 4.98 Å². The smallest absolute Gasteiger partial charge is 0.248 e. The highest BCUT2D eigenvalue weighted by Crippen LogP contribution is 2.39. The first-order valence-electron chi connectivity index (χ1n) is 11.2. The summed E-state index contributed by atoms with van der Waals surface area (Å²) in [6, 6.07) is 16.6. The summed E-state index contributed by atoms with van der Waals surface area (Å²) in [5.74, 6) is 0.0601. The molecule has 0 saturated heterocycles. The highest BCUT2D eigenvalue weighted by molar-refractivity contribution is 5.99. The minimum absolute atomic E-state index is 0.346. The first-order valence-corrected chi connectivity index (χ1v) is 11.2. The molecule has 1 fully saturated rings. The number of amides is 1. The third-order valence-corrected chi connectivity index (χ3v) is 6.65. The summed E-state index contributed by atoms with van der Waals surface area (Å²) in [4.78, 5) is 22.2. The zero-order valence-corrected chi connectivity index (χ0v) is 18.6. The fourth-order valence-corrected chi connectivity index (χ4v) is 5.03. The molecule has 5 rings (SSSR count). The summed E-state index contributed by atoms with van der Waals surface area (Å²) in [5.41, 5.74) is 13.9. The van der Waals surface area contributed by atoms with Gasteiger partial charge >= 0.3 is 0 Å². The standard InChI is InChI=1S/C27H28N4O/c1-31(2)25-10-6-5-9-20(25)19-14-23-24(16-30-27(23)29-15-19)18-11-12-21(26(28)32)22(13-18)17-7-3-4-8-17/h5-6,9-17H,3-4,7-8H2,1-2H3,(H2,28,32)(H,29,30). The largest absolute Gasteiger partial charge is 0.377 e. The molecule has 0 bridgehead atoms. The summed E-state index contributed by atoms with van der Waals surface area (Å²) in [5, 5.41) is 1.07. The number of hydrogen-bond donors (Lipinski definition) is 2. The van der Waals surface area contributed by atoms with E-state index in [2.05, 4.69) is 60.4 Å². The third-order valence-electron chi connectivity index (χ3n) is 6.65. The van der Waals surface area contributed by atoms with E-state index in [0.717, 1.165) is 57.4 Å². The van der Waals surface area contributed by atoms with Crippen LogP contribution in [0.4, 0.5) is 5.69 Å². The number of aromatic nitrogens is 2. The Morgan fingerprint density at radius 3 is 2.56 bits per heavy atom. The molecule has 2 heterocycles. The molecule has 3 N–H and O–H groups in total. The fraction of sp³-hybridized carbons (Fsp3) is 0.259. The molecule has 0 unspecified atom stereocenters. The molecular weight excluding hydrogens is 396 g/mol. The number of anilines is 1. The number of pyridine rings is 1. The van der Waals surface area contributed by atoms with Gasteiger partial charge in [0.1, 0.15) is 5.65 Å². The Bertz CT molecular complexity index is 1300. The van der Waals surface area contributed by atoms with Gasteiger partial charge in [0.15, 0.2) is 0 Å². The molecule has 1 saturated carbocycles. The van der Waals surface area contributed by atoms with E-state index in [4.69, 9.17) is 10.7 Å². The van der Waals surface area contributed by atoms with Gasteiger partial charge in [0.2, 0.25) is 5.91 Å². The number of aromatic amines is 1. The van der Waals surface area contributed by atoms with Crippen molar-refractivity contribution in [3.05, 3.63) is 72.1 Å². The van der Waals surface area contributed by atoms with E-state index in [0.29, 0.717) is 11.5 Å². The van der Waals surface area contributed by atoms with Crippen molar-refractivity contribution >= 4 is 22.6 Å². The molecule has 1 aliphatic carbocycles. The topological polar surface area (TPSA) is 75.0 Å². The second-order valence-electron chi connectivity index (χ2n) is 8.88. The van der Waals surface area contributed by atoms with Gasteiger partial charge in [-0.1, -0.05) is 43.2 Å². The van der Waals surface area contributed by atoms with E-state index in [1.807, 2.05) is 24.5 Å². The van der Waals surface area contributed by atoms with Crippen molar-refractivity contribution in [2.45, 2.75) is 31.6 Å². The average Bonchev–Trinajstić information content (AvgIpc) is 3.48. The minimum atomic E-state index is -0.346. The number of nitrogens with zero attached hydrogens (tertiary/aromatic N) is 2. The van der Waals surface area contributed by atoms with Crippen molar-refractivity contribution in [1.29, 1.82) is 0 Å². The Morgan fingerprint density at radius 2 is 1.81 bits per heavy atom. The lowest BCUT2D eigenvalue weighted by atomic mass is 9.89. The van der Waals surface area contributed by atoms with Gasteiger partial charge in [-0.15, -0.1) is 0 Å². The number of H-pyrrole nitrogens is 1. The van der Waals surface area contributed by atoms with Crippen LogP contribution in [0.25, 0.3) is 33.3 Å². The number of para-hydroxylation sites is 1. The predicted molar refractivity (Wildman–Crippen MR) is 131 cm³/mol. The van der Waals surface area contributed by atoms with Crippen molar-refractivity contribution < 1.29 is 4.79 Å². The molecule has 5 heteroatoms. The molecule has 2 aromatic carbocycles. The summed E-state index contributed by atoms with van der Waals surface area (Å²) in [6.45, 7) is 0. The first-order chi connectivity index (χ1) is 15.5. The van der Waals surface area contributed by atoms with Gasteiger partial charge in [-0.05, 0) is 48.1 Å². The Morgan fingerprint density at radius 1 is 1.03 bits per heavy atom. The Hall–Kier alpha value is -3.60. The second kappa shape index (κ2) is 8.15. The number of carbonyl (C=O) groups is 1. The number of nitrogens with one attached hydrogen (secondary N) is 1. The minimum Gasteiger partial charge on any atom is -0.377 e. The van der Waals surface area contributed by atoms with E-state index >= 15 is 0 Å². The highest BCUT2D eigenvalue weighted by atomic mass is 16.1. The maximum Gasteiger partial charge on any atom is 0.248 e. The number of fused-ring (bicyclic) bond motifs is 1. The van der Waals surface area contributed by atoms with E-state index in [-0.39, 0.29) is 5.91 Å². The summed E-state index contributed by atoms with van der Waals surface area (Å²) in [6.07, 6.45) is 8.58. The van der Waals surface area contributed by atoms with Crippen LogP contribution in [0.1, 0.15) is 47.5 Å². The Balaban J connectivity index is 1.64. The molecule has 1 amide bonds. The molecular formula is C27H28N4O. The van der Waals surface area contributed by atoms with Crippen LogP contribution in [0.15, 0.2) is 60.9 Å². The summed E-state index contributed by atoms with van der Waals surface area (Å²) < 4.78 is 0. The zero-order valence-electron chi connectivity index (χ0n) is 18.6. The van der Waals surface area contributed by atoms with E-state index in [1.165, 1.54) is 12.8 Å². The van der Waals surface area contributed by atoms with Crippen LogP contribution in [0.3, 0.4) is 0 Å². The number of carbonyl (C=O) groups excluding carboxylic acids is 1. The quantitative estimate of drug-likeness (QED) is 0.430. The number of rotatable bonds is 5. The SMILES string of the molecule is CN(C)c1ccccc1-c1cnc2[nH]cc(-c3ccc(C(N)=O)c(C4CCCC4)c3)c2c1. The van der Waals surface area contributed by atoms with Crippen LogP contribution in [-0.4, -0.2) is 30.0 Å². The average molecular weight is 425 g/mol. The van der Waals surface area contributed by atoms with E-state index in [9.17, 15) is 4.79 Å². The van der Waals surface area contributed by atoms with Gasteiger partial charge < -0.3 is 15.6 Å². The lowest BCUT2D eigenvalue weighted by molar-refractivity contribution is 0.0999. The maximum atomic E-state index is 12.1. The molecule has 0 spiro atoms. The number of hydrogen-bond acceptors (Lipinski definition) is 3. The van der Waals surface area contributed by atoms with Crippen molar-refractivity contribution in [3.8, 4) is 22.3 Å². The molecule has 2 aromatic heterocycles. The predicted octanol–water partition coefficient (Wildman–Crippen LogP) is 5.72. The van der Waals surface area contributed by atoms with E-state index < -0.39 is 0 Å². The van der Waals surface area contributed by atoms with Crippen LogP contribution in [-0.2, 0) is 0 Å². The molecule has 162 valence electrons. The fourth-order valence-electron chi connectivity index (χ4n) is 5.03. The van der Waals surface area contributed by atoms with Gasteiger partial charge in [0.05, 0.1) is 0 Å². The Labute approximate surface area is 188 Å². The molecule has 5 nitrogen and oxygen atoms in total. The van der Waals surface area contributed by atoms with Crippen LogP contribution >= 0.6 is 0 Å². The molecule has 0 atom stereocenters. The molecule has 0 aliphatic heterocycles. The van der Waals surface area contributed by atoms with Gasteiger partial charge in [-0.3, -0.25) is 4.79 Å². The zero-order chi connectivity index (χ0) is 22.2. The maximum absolute atomic E-state index is 12.1. The Kier molecular flexibility index (Phi) is 5.17. The second-order valence-corrected chi connectivity index (χ2v) is 8.88. The third kappa shape index (κ3) is 3.54. The van der Waals surface area contributed by atoms with E-state index in [1.54, 1.807) is 0 Å². The van der Waals surface area contributed by atoms with Gasteiger partial charge in [0, 0.05) is 59.8 Å². The number of primary amides is 1. The lowest BCUT2D eigenvalue weighted by Crippen LogP contribution is -2.15. The normalized spacial score (nSPS) is 14.2. The lowest BCUT2D eigenvalue weighted by Gasteiger charge is -2.17. The van der Waals surface area contributed by atoms with Crippen molar-refractivity contribution in [2.75, 3.05) is 19.0 Å². The van der Waals surface area contributed by atoms with Crippen molar-refractivity contribution in [1.82, 2.24) is 9.97 Å². The van der Waals surface area contributed by atoms with Crippen LogP contribution in [0.5, 0.6) is 0 Å². The van der Waals surface area contributed by atoms with Crippen molar-refractivity contribution in [2.24, 2.45) is 5.73 Å². The van der Waals surface area contributed by atoms with Crippen LogP contribution in [0, 0.1) is 0 Å². The summed E-state index contributed by atoms with van der Waals surface area (Å²) >= 11 is 0.